The van der Waals surface area contributed by atoms with Crippen molar-refractivity contribution in [1.29, 1.82) is 0 Å². The van der Waals surface area contributed by atoms with Crippen molar-refractivity contribution in [2.75, 3.05) is 19.5 Å². The van der Waals surface area contributed by atoms with E-state index in [1.165, 1.54) is 14.0 Å². The van der Waals surface area contributed by atoms with E-state index in [-0.39, 0.29) is 24.5 Å². The van der Waals surface area contributed by atoms with Crippen molar-refractivity contribution in [3.63, 3.8) is 0 Å². The van der Waals surface area contributed by atoms with Crippen LogP contribution in [0.4, 0.5) is 5.95 Å². The summed E-state index contributed by atoms with van der Waals surface area (Å²) in [7, 11) is -2.49. The van der Waals surface area contributed by atoms with E-state index < -0.39 is 19.8 Å². The van der Waals surface area contributed by atoms with Crippen LogP contribution in [0.3, 0.4) is 0 Å². The fourth-order valence-electron chi connectivity index (χ4n) is 3.57. The minimum absolute atomic E-state index is 0.0452. The van der Waals surface area contributed by atoms with Crippen molar-refractivity contribution in [2.24, 2.45) is 5.92 Å². The van der Waals surface area contributed by atoms with Crippen LogP contribution in [-0.4, -0.2) is 50.4 Å². The first-order chi connectivity index (χ1) is 16.3. The zero-order chi connectivity index (χ0) is 24.3. The van der Waals surface area contributed by atoms with Gasteiger partial charge in [-0.25, -0.2) is 9.55 Å². The highest BCUT2D eigenvalue weighted by molar-refractivity contribution is 7.52. The van der Waals surface area contributed by atoms with Gasteiger partial charge in [-0.1, -0.05) is 30.4 Å². The van der Waals surface area contributed by atoms with Crippen LogP contribution in [-0.2, 0) is 13.9 Å². The Morgan fingerprint density at radius 2 is 2.09 bits per heavy atom. The Bertz CT molecular complexity index is 1250. The molecule has 0 saturated heterocycles. The van der Waals surface area contributed by atoms with Crippen LogP contribution in [0, 0.1) is 5.92 Å². The number of carboxylic acid groups (broad SMARTS) is 1. The van der Waals surface area contributed by atoms with E-state index in [0.29, 0.717) is 29.2 Å². The van der Waals surface area contributed by atoms with E-state index in [9.17, 15) is 14.5 Å². The molecule has 0 aliphatic heterocycles. The largest absolute Gasteiger partial charge is 0.480 e. The van der Waals surface area contributed by atoms with Crippen LogP contribution < -0.4 is 20.1 Å². The lowest BCUT2D eigenvalue weighted by Gasteiger charge is -2.23. The number of anilines is 1. The van der Waals surface area contributed by atoms with Gasteiger partial charge in [-0.15, -0.1) is 0 Å². The highest BCUT2D eigenvalue weighted by Crippen LogP contribution is 2.46. The van der Waals surface area contributed by atoms with Gasteiger partial charge in [-0.2, -0.15) is 15.1 Å². The lowest BCUT2D eigenvalue weighted by molar-refractivity contribution is -0.138. The Balaban J connectivity index is 1.46. The second-order valence-corrected chi connectivity index (χ2v) is 9.44. The SMILES string of the molecule is COc1nc(N)nc2c1ncn2[C@H]1C=C[C@@H](COP(=O)(N[C@@H](C)C(=O)O)Oc2ccccc2)C1. The normalized spacial score (nSPS) is 20.2. The number of carboxylic acids is 1. The molecule has 0 radical (unpaired) electrons. The molecule has 13 heteroatoms. The summed E-state index contributed by atoms with van der Waals surface area (Å²) in [6.07, 6.45) is 6.15. The number of para-hydroxylation sites is 1. The van der Waals surface area contributed by atoms with Crippen molar-refractivity contribution >= 4 is 30.8 Å². The van der Waals surface area contributed by atoms with Gasteiger partial charge in [0.05, 0.1) is 26.1 Å². The summed E-state index contributed by atoms with van der Waals surface area (Å²) < 4.78 is 31.7. The van der Waals surface area contributed by atoms with Gasteiger partial charge >= 0.3 is 13.7 Å². The van der Waals surface area contributed by atoms with Crippen LogP contribution in [0.15, 0.2) is 48.8 Å². The molecule has 2 heterocycles. The summed E-state index contributed by atoms with van der Waals surface area (Å²) in [5.41, 5.74) is 6.83. The zero-order valence-corrected chi connectivity index (χ0v) is 19.5. The van der Waals surface area contributed by atoms with Gasteiger partial charge in [0, 0.05) is 5.92 Å². The van der Waals surface area contributed by atoms with E-state index in [2.05, 4.69) is 20.0 Å². The molecule has 4 N–H and O–H groups in total. The number of imidazole rings is 1. The van der Waals surface area contributed by atoms with E-state index in [4.69, 9.17) is 19.5 Å². The van der Waals surface area contributed by atoms with Crippen molar-refractivity contribution < 1.29 is 28.3 Å². The lowest BCUT2D eigenvalue weighted by Crippen LogP contribution is -2.33. The molecule has 0 fully saturated rings. The Labute approximate surface area is 195 Å². The van der Waals surface area contributed by atoms with Crippen molar-refractivity contribution in [1.82, 2.24) is 24.6 Å². The third kappa shape index (κ3) is 5.19. The Morgan fingerprint density at radius 3 is 2.79 bits per heavy atom. The molecule has 0 spiro atoms. The quantitative estimate of drug-likeness (QED) is 0.284. The van der Waals surface area contributed by atoms with E-state index in [1.807, 2.05) is 16.7 Å². The maximum Gasteiger partial charge on any atom is 0.459 e. The number of aliphatic carboxylic acids is 1. The molecule has 0 amide bonds. The predicted octanol–water partition coefficient (Wildman–Crippen LogP) is 2.80. The molecule has 3 aromatic rings. The zero-order valence-electron chi connectivity index (χ0n) is 18.6. The Kier molecular flexibility index (Phi) is 6.82. The number of hydrogen-bond donors (Lipinski definition) is 3. The van der Waals surface area contributed by atoms with Gasteiger partial charge in [0.25, 0.3) is 0 Å². The molecule has 180 valence electrons. The molecule has 1 aromatic carbocycles. The fourth-order valence-corrected chi connectivity index (χ4v) is 5.12. The monoisotopic (exact) mass is 488 g/mol. The number of carbonyl (C=O) groups is 1. The molecule has 1 aliphatic carbocycles. The summed E-state index contributed by atoms with van der Waals surface area (Å²) in [5, 5.41) is 11.7. The molecule has 12 nitrogen and oxygen atoms in total. The van der Waals surface area contributed by atoms with Gasteiger partial charge in [0.1, 0.15) is 11.8 Å². The number of nitrogen functional groups attached to an aromatic ring is 1. The lowest BCUT2D eigenvalue weighted by atomic mass is 10.1. The topological polar surface area (TPSA) is 164 Å². The Morgan fingerprint density at radius 1 is 1.32 bits per heavy atom. The minimum Gasteiger partial charge on any atom is -0.480 e. The average Bonchev–Trinajstić information content (AvgIpc) is 3.44. The highest BCUT2D eigenvalue weighted by atomic mass is 31.2. The van der Waals surface area contributed by atoms with Gasteiger partial charge in [-0.3, -0.25) is 9.32 Å². The third-order valence-corrected chi connectivity index (χ3v) is 6.90. The first-order valence-corrected chi connectivity index (χ1v) is 12.0. The van der Waals surface area contributed by atoms with Crippen LogP contribution in [0.5, 0.6) is 11.6 Å². The molecule has 34 heavy (non-hydrogen) atoms. The van der Waals surface area contributed by atoms with Crippen LogP contribution in [0.1, 0.15) is 19.4 Å². The fraction of sp³-hybridized carbons (Fsp3) is 0.333. The smallest absolute Gasteiger partial charge is 0.459 e. The standard InChI is InChI=1S/C21H25N6O6P/c1-13(20(28)29)26-34(30,33-16-6-4-3-5-7-16)32-11-14-8-9-15(10-14)27-12-23-17-18(27)24-21(22)25-19(17)31-2/h3-9,12-15H,10-11H2,1-2H3,(H,26,30)(H,28,29)(H2,22,24,25)/t13-,14+,15-,34?/m0/s1. The number of aromatic nitrogens is 4. The van der Waals surface area contributed by atoms with Gasteiger partial charge in [0.15, 0.2) is 11.2 Å². The molecule has 1 aliphatic rings. The van der Waals surface area contributed by atoms with Gasteiger partial charge in [0.2, 0.25) is 11.8 Å². The van der Waals surface area contributed by atoms with Gasteiger partial charge in [-0.05, 0) is 25.5 Å². The molecule has 2 aromatic heterocycles. The molecule has 0 saturated carbocycles. The van der Waals surface area contributed by atoms with Crippen molar-refractivity contribution in [3.05, 3.63) is 48.8 Å². The first-order valence-electron chi connectivity index (χ1n) is 10.5. The van der Waals surface area contributed by atoms with Crippen LogP contribution in [0.2, 0.25) is 0 Å². The molecule has 4 atom stereocenters. The van der Waals surface area contributed by atoms with Crippen LogP contribution >= 0.6 is 7.75 Å². The minimum atomic E-state index is -3.98. The number of nitrogens with two attached hydrogens (primary N) is 1. The second-order valence-electron chi connectivity index (χ2n) is 7.75. The summed E-state index contributed by atoms with van der Waals surface area (Å²) in [4.78, 5) is 24.0. The molecule has 0 bridgehead atoms. The van der Waals surface area contributed by atoms with Gasteiger partial charge < -0.3 is 24.7 Å². The third-order valence-electron chi connectivity index (χ3n) is 5.26. The summed E-state index contributed by atoms with van der Waals surface area (Å²) in [6, 6.07) is 7.19. The molecule has 1 unspecified atom stereocenters. The number of allylic oxidation sites excluding steroid dienone is 1. The Hall–Kier alpha value is -3.47. The maximum atomic E-state index is 13.3. The highest BCUT2D eigenvalue weighted by Gasteiger charge is 2.33. The molecular weight excluding hydrogens is 463 g/mol. The number of nitrogens with zero attached hydrogens (tertiary/aromatic N) is 4. The number of fused-ring (bicyclic) bond motifs is 1. The van der Waals surface area contributed by atoms with E-state index >= 15 is 0 Å². The average molecular weight is 488 g/mol. The molecular formula is C21H25N6O6P. The van der Waals surface area contributed by atoms with Crippen LogP contribution in [0.25, 0.3) is 11.2 Å². The summed E-state index contributed by atoms with van der Waals surface area (Å²) >= 11 is 0. The number of rotatable bonds is 10. The first kappa shape index (κ1) is 23.7. The molecule has 4 rings (SSSR count). The van der Waals surface area contributed by atoms with Crippen molar-refractivity contribution in [2.45, 2.75) is 25.4 Å². The summed E-state index contributed by atoms with van der Waals surface area (Å²) in [6.45, 7) is 1.41. The van der Waals surface area contributed by atoms with E-state index in [0.717, 1.165) is 0 Å². The van der Waals surface area contributed by atoms with E-state index in [1.54, 1.807) is 36.7 Å². The number of nitrogens with one attached hydrogen (secondary N) is 1. The number of ether oxygens (including phenoxy) is 1. The number of methoxy groups -OCH3 is 1. The predicted molar refractivity (Wildman–Crippen MR) is 123 cm³/mol. The summed E-state index contributed by atoms with van der Waals surface area (Å²) in [5.74, 6) is -0.624. The maximum absolute atomic E-state index is 13.3. The number of benzene rings is 1. The second kappa shape index (κ2) is 9.80. The van der Waals surface area contributed by atoms with Crippen molar-refractivity contribution in [3.8, 4) is 11.6 Å². The number of hydrogen-bond acceptors (Lipinski definition) is 9.